The summed E-state index contributed by atoms with van der Waals surface area (Å²) in [6.45, 7) is 0.532. The lowest BCUT2D eigenvalue weighted by Crippen LogP contribution is -2.45. The fourth-order valence-electron chi connectivity index (χ4n) is 2.07. The van der Waals surface area contributed by atoms with Crippen molar-refractivity contribution in [1.82, 2.24) is 9.88 Å². The van der Waals surface area contributed by atoms with Crippen LogP contribution in [0, 0.1) is 29.6 Å². The van der Waals surface area contributed by atoms with E-state index in [9.17, 15) is 27.9 Å². The van der Waals surface area contributed by atoms with Crippen molar-refractivity contribution in [2.75, 3.05) is 19.7 Å². The summed E-state index contributed by atoms with van der Waals surface area (Å²) in [5, 5.41) is 27.8. The number of ether oxygens (including phenoxy) is 1. The van der Waals surface area contributed by atoms with E-state index in [0.29, 0.717) is 11.3 Å². The standard InChI is InChI=1S/C16H17F3N4O4S/c1-11-10-28-14(22-11)15(26,16(17,18)19)8-13(25)27-9-12(24)23(6-2-4-20)7-3-5-21/h10,26H,2-3,6-9H2,1H3/t15-/m0/s1. The van der Waals surface area contributed by atoms with Gasteiger partial charge in [-0.2, -0.15) is 23.7 Å². The molecule has 28 heavy (non-hydrogen) atoms. The van der Waals surface area contributed by atoms with Crippen LogP contribution in [0.2, 0.25) is 0 Å². The lowest BCUT2D eigenvalue weighted by Gasteiger charge is -2.27. The lowest BCUT2D eigenvalue weighted by molar-refractivity contribution is -0.269. The van der Waals surface area contributed by atoms with Crippen LogP contribution in [0.3, 0.4) is 0 Å². The molecule has 8 nitrogen and oxygen atoms in total. The number of aromatic nitrogens is 1. The minimum absolute atomic E-state index is 0.0144. The predicted octanol–water partition coefficient (Wildman–Crippen LogP) is 1.79. The van der Waals surface area contributed by atoms with Crippen molar-refractivity contribution >= 4 is 23.2 Å². The molecule has 0 bridgehead atoms. The normalized spacial score (nSPS) is 13.1. The third kappa shape index (κ3) is 6.18. The number of thiazole rings is 1. The number of carbonyl (C=O) groups excluding carboxylic acids is 2. The van der Waals surface area contributed by atoms with Crippen molar-refractivity contribution in [3.05, 3.63) is 16.1 Å². The molecule has 1 N–H and O–H groups in total. The summed E-state index contributed by atoms with van der Waals surface area (Å²) in [6, 6.07) is 3.63. The molecule has 1 amide bonds. The zero-order chi connectivity index (χ0) is 21.4. The Balaban J connectivity index is 2.78. The monoisotopic (exact) mass is 418 g/mol. The van der Waals surface area contributed by atoms with Gasteiger partial charge >= 0.3 is 12.1 Å². The molecular formula is C16H17F3N4O4S. The predicted molar refractivity (Wildman–Crippen MR) is 89.4 cm³/mol. The average Bonchev–Trinajstić information content (AvgIpc) is 3.05. The number of esters is 1. The Kier molecular flexibility index (Phi) is 8.35. The first-order valence-electron chi connectivity index (χ1n) is 7.94. The fourth-order valence-corrected chi connectivity index (χ4v) is 2.98. The molecule has 1 rings (SSSR count). The first-order valence-corrected chi connectivity index (χ1v) is 8.82. The zero-order valence-electron chi connectivity index (χ0n) is 14.8. The smallest absolute Gasteiger partial charge is 0.424 e. The molecule has 1 atom stereocenters. The minimum Gasteiger partial charge on any atom is -0.455 e. The van der Waals surface area contributed by atoms with E-state index in [4.69, 9.17) is 10.5 Å². The van der Waals surface area contributed by atoms with E-state index in [2.05, 4.69) is 9.72 Å². The van der Waals surface area contributed by atoms with Crippen LogP contribution in [0.5, 0.6) is 0 Å². The topological polar surface area (TPSA) is 127 Å². The summed E-state index contributed by atoms with van der Waals surface area (Å²) in [5.74, 6) is -2.21. The third-order valence-corrected chi connectivity index (χ3v) is 4.65. The van der Waals surface area contributed by atoms with E-state index in [1.165, 1.54) is 12.3 Å². The first-order chi connectivity index (χ1) is 13.0. The van der Waals surface area contributed by atoms with Gasteiger partial charge in [-0.1, -0.05) is 0 Å². The Morgan fingerprint density at radius 3 is 2.29 bits per heavy atom. The van der Waals surface area contributed by atoms with E-state index in [-0.39, 0.29) is 31.6 Å². The quantitative estimate of drug-likeness (QED) is 0.606. The van der Waals surface area contributed by atoms with Gasteiger partial charge in [-0.3, -0.25) is 9.59 Å². The molecule has 12 heteroatoms. The number of hydrogen-bond acceptors (Lipinski definition) is 8. The highest BCUT2D eigenvalue weighted by atomic mass is 32.1. The Morgan fingerprint density at radius 1 is 1.29 bits per heavy atom. The Morgan fingerprint density at radius 2 is 1.86 bits per heavy atom. The van der Waals surface area contributed by atoms with Gasteiger partial charge in [-0.05, 0) is 6.92 Å². The van der Waals surface area contributed by atoms with Crippen molar-refractivity contribution in [1.29, 1.82) is 10.5 Å². The number of alkyl halides is 3. The summed E-state index contributed by atoms with van der Waals surface area (Å²) in [7, 11) is 0. The van der Waals surface area contributed by atoms with E-state index in [1.807, 2.05) is 12.1 Å². The zero-order valence-corrected chi connectivity index (χ0v) is 15.6. The number of aliphatic hydroxyl groups is 1. The van der Waals surface area contributed by atoms with Crippen LogP contribution in [0.15, 0.2) is 5.38 Å². The molecule has 1 heterocycles. The average molecular weight is 418 g/mol. The van der Waals surface area contributed by atoms with Crippen molar-refractivity contribution in [3.8, 4) is 12.1 Å². The van der Waals surface area contributed by atoms with Crippen molar-refractivity contribution < 1.29 is 32.6 Å². The maximum atomic E-state index is 13.3. The number of nitriles is 2. The SMILES string of the molecule is Cc1csc([C@@](O)(CC(=O)OCC(=O)N(CCC#N)CCC#N)C(F)(F)F)n1. The van der Waals surface area contributed by atoms with Crippen LogP contribution in [-0.4, -0.2) is 52.7 Å². The highest BCUT2D eigenvalue weighted by Gasteiger charge is 2.58. The molecule has 1 aromatic heterocycles. The number of amides is 1. The molecule has 1 aromatic rings. The molecule has 152 valence electrons. The largest absolute Gasteiger partial charge is 0.455 e. The maximum absolute atomic E-state index is 13.3. The molecule has 0 saturated heterocycles. The van der Waals surface area contributed by atoms with Gasteiger partial charge in [0.25, 0.3) is 5.91 Å². The summed E-state index contributed by atoms with van der Waals surface area (Å²) in [4.78, 5) is 28.6. The van der Waals surface area contributed by atoms with E-state index in [0.717, 1.165) is 4.90 Å². The molecule has 0 aliphatic heterocycles. The number of rotatable bonds is 9. The molecule has 0 aliphatic rings. The van der Waals surface area contributed by atoms with Gasteiger partial charge < -0.3 is 14.7 Å². The van der Waals surface area contributed by atoms with Crippen LogP contribution >= 0.6 is 11.3 Å². The van der Waals surface area contributed by atoms with Crippen LogP contribution in [-0.2, 0) is 19.9 Å². The highest BCUT2D eigenvalue weighted by molar-refractivity contribution is 7.09. The Bertz CT molecular complexity index is 766. The molecule has 0 aliphatic carbocycles. The van der Waals surface area contributed by atoms with E-state index < -0.39 is 41.7 Å². The molecule has 0 fully saturated rings. The van der Waals surface area contributed by atoms with Crippen LogP contribution in [0.4, 0.5) is 13.2 Å². The van der Waals surface area contributed by atoms with E-state index >= 15 is 0 Å². The summed E-state index contributed by atoms with van der Waals surface area (Å²) in [6.07, 6.45) is -6.70. The minimum atomic E-state index is -5.19. The van der Waals surface area contributed by atoms with Crippen molar-refractivity contribution in [3.63, 3.8) is 0 Å². The summed E-state index contributed by atoms with van der Waals surface area (Å²) in [5.41, 5.74) is -3.29. The van der Waals surface area contributed by atoms with Gasteiger partial charge in [0.2, 0.25) is 5.60 Å². The van der Waals surface area contributed by atoms with Gasteiger partial charge in [-0.25, -0.2) is 4.98 Å². The van der Waals surface area contributed by atoms with Crippen LogP contribution in [0.1, 0.15) is 30.0 Å². The number of carbonyl (C=O) groups is 2. The lowest BCUT2D eigenvalue weighted by atomic mass is 10.00. The van der Waals surface area contributed by atoms with Gasteiger partial charge in [0, 0.05) is 24.2 Å². The Labute approximate surface area is 162 Å². The number of aryl methyl sites for hydroxylation is 1. The molecule has 0 radical (unpaired) electrons. The number of hydrogen-bond donors (Lipinski definition) is 1. The second kappa shape index (κ2) is 10.0. The molecule has 0 spiro atoms. The van der Waals surface area contributed by atoms with Gasteiger partial charge in [0.05, 0.1) is 31.4 Å². The van der Waals surface area contributed by atoms with Crippen molar-refractivity contribution in [2.24, 2.45) is 0 Å². The first kappa shape index (κ1) is 23.3. The molecule has 0 unspecified atom stereocenters. The Hall–Kier alpha value is -2.70. The number of nitrogens with zero attached hydrogens (tertiary/aromatic N) is 4. The number of halogens is 3. The summed E-state index contributed by atoms with van der Waals surface area (Å²) < 4.78 is 44.6. The fraction of sp³-hybridized carbons (Fsp3) is 0.562. The van der Waals surface area contributed by atoms with Crippen molar-refractivity contribution in [2.45, 2.75) is 38.0 Å². The molecule has 0 aromatic carbocycles. The van der Waals surface area contributed by atoms with E-state index in [1.54, 1.807) is 0 Å². The molecular weight excluding hydrogens is 401 g/mol. The molecule has 0 saturated carbocycles. The van der Waals surface area contributed by atoms with Gasteiger partial charge in [-0.15, -0.1) is 11.3 Å². The van der Waals surface area contributed by atoms with Crippen LogP contribution < -0.4 is 0 Å². The third-order valence-electron chi connectivity index (χ3n) is 3.54. The second-order valence-corrected chi connectivity index (χ2v) is 6.54. The summed E-state index contributed by atoms with van der Waals surface area (Å²) >= 11 is 0.548. The van der Waals surface area contributed by atoms with Crippen LogP contribution in [0.25, 0.3) is 0 Å². The second-order valence-electron chi connectivity index (χ2n) is 5.69. The van der Waals surface area contributed by atoms with Gasteiger partial charge in [0.15, 0.2) is 6.61 Å². The maximum Gasteiger partial charge on any atom is 0.424 e. The highest BCUT2D eigenvalue weighted by Crippen LogP contribution is 2.42. The van der Waals surface area contributed by atoms with Gasteiger partial charge in [0.1, 0.15) is 5.01 Å².